The molecule has 0 radical (unpaired) electrons. The summed E-state index contributed by atoms with van der Waals surface area (Å²) >= 11 is 0. The number of phenolic OH excluding ortho intramolecular Hbond substituents is 1. The molecule has 184 valence electrons. The van der Waals surface area contributed by atoms with Gasteiger partial charge in [-0.05, 0) is 31.6 Å². The van der Waals surface area contributed by atoms with E-state index >= 15 is 0 Å². The Morgan fingerprint density at radius 2 is 1.86 bits per heavy atom. The maximum absolute atomic E-state index is 13.8. The molecule has 1 fully saturated rings. The van der Waals surface area contributed by atoms with Crippen molar-refractivity contribution >= 4 is 28.9 Å². The molecule has 13 nitrogen and oxygen atoms in total. The fraction of sp³-hybridized carbons (Fsp3) is 0.409. The van der Waals surface area contributed by atoms with Crippen molar-refractivity contribution in [3.8, 4) is 5.75 Å². The average Bonchev–Trinajstić information content (AvgIpc) is 2.77. The molecule has 0 saturated heterocycles. The molecular formula is C22H24N5O8+. The first-order valence-corrected chi connectivity index (χ1v) is 10.6. The number of benzene rings is 1. The molecule has 4 rings (SSSR count). The van der Waals surface area contributed by atoms with Crippen LogP contribution in [0.4, 0.5) is 5.69 Å². The molecule has 8 N–H and O–H groups in total. The molecular weight excluding hydrogens is 462 g/mol. The molecule has 35 heavy (non-hydrogen) atoms. The minimum Gasteiger partial charge on any atom is -0.508 e. The van der Waals surface area contributed by atoms with Gasteiger partial charge in [-0.2, -0.15) is 0 Å². The van der Waals surface area contributed by atoms with Crippen molar-refractivity contribution in [1.29, 1.82) is 5.53 Å². The second kappa shape index (κ2) is 7.82. The highest BCUT2D eigenvalue weighted by atomic mass is 16.4. The van der Waals surface area contributed by atoms with Gasteiger partial charge in [-0.25, -0.2) is 0 Å². The molecule has 0 bridgehead atoms. The van der Waals surface area contributed by atoms with E-state index in [-0.39, 0.29) is 11.3 Å². The number of Topliss-reactive ketones (excluding diaryl/α,β-unsaturated/α-hetero) is 2. The molecule has 0 unspecified atom stereocenters. The summed E-state index contributed by atoms with van der Waals surface area (Å²) < 4.78 is 0. The van der Waals surface area contributed by atoms with Crippen molar-refractivity contribution in [2.45, 2.75) is 30.6 Å². The molecule has 13 heteroatoms. The monoisotopic (exact) mass is 486 g/mol. The highest BCUT2D eigenvalue weighted by Crippen LogP contribution is 2.56. The molecule has 0 aromatic heterocycles. The van der Waals surface area contributed by atoms with Gasteiger partial charge in [0, 0.05) is 11.5 Å². The molecule has 1 aromatic carbocycles. The van der Waals surface area contributed by atoms with Crippen LogP contribution in [-0.4, -0.2) is 79.7 Å². The summed E-state index contributed by atoms with van der Waals surface area (Å²) in [7, 11) is 2.87. The summed E-state index contributed by atoms with van der Waals surface area (Å²) in [5, 5.41) is 59.1. The SMILES string of the molecule is C[C@H]1c2ccc(N=[N+]=N)c(O)c2C(O)=C2C(=O)[C@]3(O)C(O)=C(C(N)=O)C(=O)[C@@H](N(C)C)[C@@H]3[C@@H](O)[C@@H]21. The number of fused-ring (bicyclic) bond motifs is 3. The number of carbonyl (C=O) groups is 3. The normalized spacial score (nSPS) is 32.1. The minimum atomic E-state index is -2.97. The van der Waals surface area contributed by atoms with E-state index < -0.39 is 81.4 Å². The second-order valence-corrected chi connectivity index (χ2v) is 9.15. The van der Waals surface area contributed by atoms with Crippen LogP contribution in [0, 0.1) is 17.4 Å². The van der Waals surface area contributed by atoms with E-state index in [4.69, 9.17) is 11.3 Å². The summed E-state index contributed by atoms with van der Waals surface area (Å²) in [4.78, 5) is 43.0. The largest absolute Gasteiger partial charge is 0.508 e. The van der Waals surface area contributed by atoms with Gasteiger partial charge in [0.25, 0.3) is 5.91 Å². The van der Waals surface area contributed by atoms with Gasteiger partial charge < -0.3 is 31.3 Å². The van der Waals surface area contributed by atoms with E-state index in [2.05, 4.69) is 10.0 Å². The van der Waals surface area contributed by atoms with Crippen LogP contribution < -0.4 is 10.6 Å². The van der Waals surface area contributed by atoms with Crippen molar-refractivity contribution in [2.75, 3.05) is 14.1 Å². The number of aromatic hydroxyl groups is 1. The number of hydrogen-bond donors (Lipinski definition) is 7. The standard InChI is InChI=1S/C22H23N5O8/c1-6-7-4-5-8(25-26-24)15(28)10(7)16(29)11-9(6)17(30)13-14(27(2)3)18(31)12(21(23)34)20(33)22(13,35)19(11)32/h4-6,9,13-14,17,24,30,35H,1-3H3,(H4,23,29,31,32,33,34)/p+1/t6-,9+,13+,14-,17-,22-/m0/s1. The average molecular weight is 486 g/mol. The highest BCUT2D eigenvalue weighted by molar-refractivity contribution is 6.24. The van der Waals surface area contributed by atoms with Gasteiger partial charge in [0.2, 0.25) is 10.7 Å². The fourth-order valence-electron chi connectivity index (χ4n) is 5.74. The van der Waals surface area contributed by atoms with Crippen LogP contribution in [-0.2, 0) is 14.4 Å². The van der Waals surface area contributed by atoms with Gasteiger partial charge in [-0.1, -0.05) is 13.0 Å². The van der Waals surface area contributed by atoms with Crippen LogP contribution in [0.2, 0.25) is 0 Å². The van der Waals surface area contributed by atoms with Crippen LogP contribution in [0.3, 0.4) is 0 Å². The molecule has 0 heterocycles. The number of carbonyl (C=O) groups excluding carboxylic acids is 3. The Morgan fingerprint density at radius 3 is 2.40 bits per heavy atom. The van der Waals surface area contributed by atoms with Gasteiger partial charge >= 0.3 is 0 Å². The Kier molecular flexibility index (Phi) is 5.41. The predicted molar refractivity (Wildman–Crippen MR) is 117 cm³/mol. The Labute approximate surface area is 198 Å². The Bertz CT molecular complexity index is 1310. The van der Waals surface area contributed by atoms with Crippen LogP contribution in [0.15, 0.2) is 34.2 Å². The Morgan fingerprint density at radius 1 is 1.23 bits per heavy atom. The van der Waals surface area contributed by atoms with Gasteiger partial charge in [-0.15, -0.1) is 0 Å². The number of rotatable bonds is 3. The van der Waals surface area contributed by atoms with Crippen LogP contribution in [0.1, 0.15) is 24.0 Å². The maximum Gasteiger partial charge on any atom is 0.255 e. The first kappa shape index (κ1) is 24.2. The van der Waals surface area contributed by atoms with Crippen molar-refractivity contribution in [3.63, 3.8) is 0 Å². The number of ketones is 2. The number of hydrogen-bond acceptors (Lipinski definition) is 11. The quantitative estimate of drug-likeness (QED) is 0.168. The highest BCUT2D eigenvalue weighted by Gasteiger charge is 2.68. The molecule has 6 atom stereocenters. The second-order valence-electron chi connectivity index (χ2n) is 9.15. The summed E-state index contributed by atoms with van der Waals surface area (Å²) in [5.41, 5.74) is 7.64. The van der Waals surface area contributed by atoms with E-state index in [0.717, 1.165) is 0 Å². The smallest absolute Gasteiger partial charge is 0.255 e. The number of phenols is 1. The maximum atomic E-state index is 13.8. The van der Waals surface area contributed by atoms with Crippen molar-refractivity contribution < 1.29 is 39.9 Å². The third-order valence-corrected chi connectivity index (χ3v) is 7.27. The number of aliphatic hydroxyl groups excluding tert-OH is 3. The zero-order valence-corrected chi connectivity index (χ0v) is 18.9. The lowest BCUT2D eigenvalue weighted by molar-refractivity contribution is -0.169. The summed E-state index contributed by atoms with van der Waals surface area (Å²) in [6, 6.07) is 1.41. The van der Waals surface area contributed by atoms with E-state index in [9.17, 15) is 39.9 Å². The molecule has 1 saturated carbocycles. The van der Waals surface area contributed by atoms with Crippen molar-refractivity contribution in [1.82, 2.24) is 9.81 Å². The lowest BCUT2D eigenvalue weighted by Gasteiger charge is -2.53. The van der Waals surface area contributed by atoms with E-state index in [1.165, 1.54) is 31.1 Å². The fourth-order valence-corrected chi connectivity index (χ4v) is 5.74. The van der Waals surface area contributed by atoms with E-state index in [1.807, 2.05) is 0 Å². The van der Waals surface area contributed by atoms with Gasteiger partial charge in [0.15, 0.2) is 27.9 Å². The van der Waals surface area contributed by atoms with Crippen molar-refractivity contribution in [3.05, 3.63) is 40.2 Å². The first-order valence-electron chi connectivity index (χ1n) is 10.6. The number of nitrogens with one attached hydrogen (secondary N) is 1. The topological polar surface area (TPSA) is 232 Å². The van der Waals surface area contributed by atoms with Crippen LogP contribution >= 0.6 is 0 Å². The molecule has 0 aliphatic heterocycles. The van der Waals surface area contributed by atoms with E-state index in [0.29, 0.717) is 5.56 Å². The predicted octanol–water partition coefficient (Wildman–Crippen LogP) is -0.322. The number of likely N-dealkylation sites (N-methyl/N-ethyl adjacent to an activating group) is 1. The summed E-state index contributed by atoms with van der Waals surface area (Å²) in [5.74, 6) is -9.77. The number of nitrogens with zero attached hydrogens (tertiary/aromatic N) is 3. The van der Waals surface area contributed by atoms with Crippen molar-refractivity contribution in [2.24, 2.45) is 22.7 Å². The summed E-state index contributed by atoms with van der Waals surface area (Å²) in [6.45, 7) is 1.61. The lowest BCUT2D eigenvalue weighted by atomic mass is 9.54. The summed E-state index contributed by atoms with van der Waals surface area (Å²) in [6.07, 6.45) is -1.67. The zero-order valence-electron chi connectivity index (χ0n) is 18.9. The molecule has 3 aliphatic rings. The number of primary amides is 1. The molecule has 0 spiro atoms. The molecule has 1 amide bonds. The van der Waals surface area contributed by atoms with E-state index in [1.54, 1.807) is 6.92 Å². The zero-order chi connectivity index (χ0) is 26.1. The first-order chi connectivity index (χ1) is 16.3. The third-order valence-electron chi connectivity index (χ3n) is 7.27. The minimum absolute atomic E-state index is 0.174. The number of nitrogens with two attached hydrogens (primary N) is 1. The third kappa shape index (κ3) is 2.93. The molecule has 3 aliphatic carbocycles. The van der Waals surface area contributed by atoms with Crippen LogP contribution in [0.5, 0.6) is 5.75 Å². The number of aliphatic hydroxyl groups is 4. The van der Waals surface area contributed by atoms with Gasteiger partial charge in [0.05, 0.1) is 23.6 Å². The number of amides is 1. The Balaban J connectivity index is 2.07. The lowest BCUT2D eigenvalue weighted by Crippen LogP contribution is -2.70. The molecule has 1 aromatic rings. The van der Waals surface area contributed by atoms with Gasteiger partial charge in [-0.3, -0.25) is 19.3 Å². The van der Waals surface area contributed by atoms with Gasteiger partial charge in [0.1, 0.15) is 22.6 Å². The van der Waals surface area contributed by atoms with Crippen LogP contribution in [0.25, 0.3) is 5.76 Å². The Hall–Kier alpha value is -3.90.